The fourth-order valence-electron chi connectivity index (χ4n) is 2.96. The van der Waals surface area contributed by atoms with E-state index in [-0.39, 0.29) is 6.04 Å². The number of benzene rings is 1. The first-order valence-corrected chi connectivity index (χ1v) is 7.95. The molecule has 1 atom stereocenters. The first kappa shape index (κ1) is 14.3. The van der Waals surface area contributed by atoms with Gasteiger partial charge in [-0.15, -0.1) is 10.2 Å². The Morgan fingerprint density at radius 2 is 2.00 bits per heavy atom. The zero-order chi connectivity index (χ0) is 14.7. The van der Waals surface area contributed by atoms with Crippen molar-refractivity contribution >= 4 is 0 Å². The number of hydrogen-bond donors (Lipinski definition) is 0. The van der Waals surface area contributed by atoms with E-state index in [1.807, 2.05) is 6.92 Å². The van der Waals surface area contributed by atoms with Crippen LogP contribution in [0.15, 0.2) is 28.7 Å². The lowest BCUT2D eigenvalue weighted by molar-refractivity contribution is 0.143. The third-order valence-electron chi connectivity index (χ3n) is 4.21. The zero-order valence-electron chi connectivity index (χ0n) is 12.9. The maximum Gasteiger partial charge on any atom is 0.233 e. The highest BCUT2D eigenvalue weighted by Crippen LogP contribution is 2.32. The Morgan fingerprint density at radius 1 is 1.19 bits per heavy atom. The van der Waals surface area contributed by atoms with Crippen molar-refractivity contribution < 1.29 is 4.42 Å². The minimum absolute atomic E-state index is 0.222. The average Bonchev–Trinajstić information content (AvgIpc) is 3.01. The summed E-state index contributed by atoms with van der Waals surface area (Å²) in [6.07, 6.45) is 4.17. The van der Waals surface area contributed by atoms with Gasteiger partial charge in [0.25, 0.3) is 0 Å². The molecule has 2 aromatic rings. The molecule has 1 unspecified atom stereocenters. The van der Waals surface area contributed by atoms with Gasteiger partial charge in [-0.2, -0.15) is 0 Å². The second-order valence-corrected chi connectivity index (χ2v) is 5.70. The van der Waals surface area contributed by atoms with Gasteiger partial charge in [-0.3, -0.25) is 4.90 Å². The Bertz CT molecular complexity index is 593. The van der Waals surface area contributed by atoms with E-state index < -0.39 is 0 Å². The SMILES string of the molecule is CCCCN1Cc2ccccc2CC1c1nnc(CC)o1. The Labute approximate surface area is 126 Å². The van der Waals surface area contributed by atoms with Gasteiger partial charge < -0.3 is 4.42 Å². The number of aromatic nitrogens is 2. The highest BCUT2D eigenvalue weighted by molar-refractivity contribution is 5.30. The fraction of sp³-hybridized carbons (Fsp3) is 0.529. The average molecular weight is 285 g/mol. The summed E-state index contributed by atoms with van der Waals surface area (Å²) in [4.78, 5) is 2.48. The number of unbranched alkanes of at least 4 members (excludes halogenated alkanes) is 1. The molecule has 0 bridgehead atoms. The van der Waals surface area contributed by atoms with E-state index in [1.54, 1.807) is 0 Å². The Morgan fingerprint density at radius 3 is 2.71 bits per heavy atom. The van der Waals surface area contributed by atoms with E-state index in [9.17, 15) is 0 Å². The number of fused-ring (bicyclic) bond motifs is 1. The summed E-state index contributed by atoms with van der Waals surface area (Å²) in [5.41, 5.74) is 2.84. The number of aryl methyl sites for hydroxylation is 1. The second kappa shape index (κ2) is 6.39. The lowest BCUT2D eigenvalue weighted by Crippen LogP contribution is -2.35. The van der Waals surface area contributed by atoms with Crippen LogP contribution in [0.25, 0.3) is 0 Å². The first-order valence-electron chi connectivity index (χ1n) is 7.95. The van der Waals surface area contributed by atoms with E-state index in [0.717, 1.165) is 37.7 Å². The molecule has 0 spiro atoms. The molecule has 2 heterocycles. The number of nitrogens with zero attached hydrogens (tertiary/aromatic N) is 3. The van der Waals surface area contributed by atoms with Crippen molar-refractivity contribution in [1.82, 2.24) is 15.1 Å². The van der Waals surface area contributed by atoms with Crippen LogP contribution in [0, 0.1) is 0 Å². The van der Waals surface area contributed by atoms with Gasteiger partial charge in [-0.25, -0.2) is 0 Å². The summed E-state index contributed by atoms with van der Waals surface area (Å²) < 4.78 is 5.83. The molecule has 0 N–H and O–H groups in total. The first-order chi connectivity index (χ1) is 10.3. The van der Waals surface area contributed by atoms with Gasteiger partial charge in [0.2, 0.25) is 11.8 Å². The lowest BCUT2D eigenvalue weighted by atomic mass is 9.93. The summed E-state index contributed by atoms with van der Waals surface area (Å²) in [6, 6.07) is 8.91. The maximum atomic E-state index is 5.83. The van der Waals surface area contributed by atoms with Crippen molar-refractivity contribution in [3.8, 4) is 0 Å². The van der Waals surface area contributed by atoms with Crippen LogP contribution in [-0.4, -0.2) is 21.6 Å². The molecular weight excluding hydrogens is 262 g/mol. The van der Waals surface area contributed by atoms with Crippen molar-refractivity contribution in [2.75, 3.05) is 6.54 Å². The molecular formula is C17H23N3O. The Hall–Kier alpha value is -1.68. The van der Waals surface area contributed by atoms with Gasteiger partial charge in [0.15, 0.2) is 0 Å². The highest BCUT2D eigenvalue weighted by Gasteiger charge is 2.30. The molecule has 0 amide bonds. The molecule has 1 aromatic heterocycles. The molecule has 1 aromatic carbocycles. The predicted octanol–water partition coefficient (Wildman–Crippen LogP) is 3.53. The lowest BCUT2D eigenvalue weighted by Gasteiger charge is -2.34. The predicted molar refractivity (Wildman–Crippen MR) is 81.9 cm³/mol. The van der Waals surface area contributed by atoms with E-state index in [0.29, 0.717) is 0 Å². The summed E-state index contributed by atoms with van der Waals surface area (Å²) >= 11 is 0. The van der Waals surface area contributed by atoms with E-state index >= 15 is 0 Å². The van der Waals surface area contributed by atoms with Crippen LogP contribution in [-0.2, 0) is 19.4 Å². The van der Waals surface area contributed by atoms with E-state index in [4.69, 9.17) is 4.42 Å². The summed E-state index contributed by atoms with van der Waals surface area (Å²) in [6.45, 7) is 6.33. The van der Waals surface area contributed by atoms with Crippen LogP contribution < -0.4 is 0 Å². The third-order valence-corrected chi connectivity index (χ3v) is 4.21. The van der Waals surface area contributed by atoms with Crippen LogP contribution in [0.3, 0.4) is 0 Å². The van der Waals surface area contributed by atoms with Crippen molar-refractivity contribution in [1.29, 1.82) is 0 Å². The zero-order valence-corrected chi connectivity index (χ0v) is 12.9. The van der Waals surface area contributed by atoms with Crippen LogP contribution in [0.2, 0.25) is 0 Å². The molecule has 0 fully saturated rings. The summed E-state index contributed by atoms with van der Waals surface area (Å²) in [5.74, 6) is 1.51. The normalized spacial score (nSPS) is 18.7. The van der Waals surface area contributed by atoms with Gasteiger partial charge in [0.1, 0.15) is 0 Å². The topological polar surface area (TPSA) is 42.2 Å². The Balaban J connectivity index is 1.88. The van der Waals surface area contributed by atoms with Crippen molar-refractivity contribution in [3.05, 3.63) is 47.2 Å². The van der Waals surface area contributed by atoms with Crippen LogP contribution in [0.4, 0.5) is 0 Å². The van der Waals surface area contributed by atoms with Gasteiger partial charge in [0, 0.05) is 13.0 Å². The third kappa shape index (κ3) is 3.00. The van der Waals surface area contributed by atoms with Crippen molar-refractivity contribution in [2.45, 2.75) is 52.1 Å². The minimum Gasteiger partial charge on any atom is -0.424 e. The van der Waals surface area contributed by atoms with Gasteiger partial charge in [0.05, 0.1) is 6.04 Å². The van der Waals surface area contributed by atoms with Crippen molar-refractivity contribution in [2.24, 2.45) is 0 Å². The van der Waals surface area contributed by atoms with Gasteiger partial charge >= 0.3 is 0 Å². The standard InChI is InChI=1S/C17H23N3O/c1-3-5-10-20-12-14-9-7-6-8-13(14)11-15(20)17-19-18-16(4-2)21-17/h6-9,15H,3-5,10-12H2,1-2H3. The molecule has 1 aliphatic heterocycles. The fourth-order valence-corrected chi connectivity index (χ4v) is 2.96. The molecule has 4 nitrogen and oxygen atoms in total. The molecule has 112 valence electrons. The molecule has 0 radical (unpaired) electrons. The van der Waals surface area contributed by atoms with E-state index in [1.165, 1.54) is 24.0 Å². The molecule has 0 aliphatic carbocycles. The quantitative estimate of drug-likeness (QED) is 0.842. The summed E-state index contributed by atoms with van der Waals surface area (Å²) in [5, 5.41) is 8.42. The largest absolute Gasteiger partial charge is 0.424 e. The second-order valence-electron chi connectivity index (χ2n) is 5.70. The molecule has 4 heteroatoms. The molecule has 0 saturated carbocycles. The maximum absolute atomic E-state index is 5.83. The van der Waals surface area contributed by atoms with Crippen molar-refractivity contribution in [3.63, 3.8) is 0 Å². The number of hydrogen-bond acceptors (Lipinski definition) is 4. The Kier molecular flexibility index (Phi) is 4.34. The van der Waals surface area contributed by atoms with Crippen LogP contribution in [0.1, 0.15) is 55.6 Å². The summed E-state index contributed by atoms with van der Waals surface area (Å²) in [7, 11) is 0. The monoisotopic (exact) mass is 285 g/mol. The van der Waals surface area contributed by atoms with Crippen LogP contribution in [0.5, 0.6) is 0 Å². The molecule has 3 rings (SSSR count). The smallest absolute Gasteiger partial charge is 0.233 e. The minimum atomic E-state index is 0.222. The molecule has 0 saturated heterocycles. The number of rotatable bonds is 5. The molecule has 21 heavy (non-hydrogen) atoms. The van der Waals surface area contributed by atoms with Crippen LogP contribution >= 0.6 is 0 Å². The highest BCUT2D eigenvalue weighted by atomic mass is 16.4. The van der Waals surface area contributed by atoms with Gasteiger partial charge in [-0.05, 0) is 30.5 Å². The van der Waals surface area contributed by atoms with E-state index in [2.05, 4.69) is 46.3 Å². The van der Waals surface area contributed by atoms with Gasteiger partial charge in [-0.1, -0.05) is 44.5 Å². The molecule has 1 aliphatic rings.